The molecule has 3 heteroatoms. The number of aromatic nitrogens is 1. The van der Waals surface area contributed by atoms with Crippen molar-refractivity contribution in [2.75, 3.05) is 19.8 Å². The Bertz CT molecular complexity index is 333. The van der Waals surface area contributed by atoms with Crippen LogP contribution in [0.3, 0.4) is 0 Å². The van der Waals surface area contributed by atoms with Gasteiger partial charge in [-0.25, -0.2) is 0 Å². The number of ether oxygens (including phenoxy) is 1. The summed E-state index contributed by atoms with van der Waals surface area (Å²) >= 11 is 0. The van der Waals surface area contributed by atoms with Gasteiger partial charge in [0.2, 0.25) is 0 Å². The molecule has 0 fully saturated rings. The first-order valence-corrected chi connectivity index (χ1v) is 7.65. The van der Waals surface area contributed by atoms with Gasteiger partial charge in [0, 0.05) is 31.6 Å². The van der Waals surface area contributed by atoms with E-state index in [9.17, 15) is 0 Å². The maximum absolute atomic E-state index is 5.61. The summed E-state index contributed by atoms with van der Waals surface area (Å²) in [6.45, 7) is 12.5. The van der Waals surface area contributed by atoms with Crippen LogP contribution in [0.4, 0.5) is 0 Å². The standard InChI is InChI=1S/C16H30N2O/c1-5-7-11-19-12-10-18-9-8-15(13-18)16(14(3)4)17-6-2/h8-9,13-14,16-17H,5-7,10-12H2,1-4H3. The minimum Gasteiger partial charge on any atom is -0.380 e. The van der Waals surface area contributed by atoms with Crippen LogP contribution >= 0.6 is 0 Å². The molecule has 19 heavy (non-hydrogen) atoms. The van der Waals surface area contributed by atoms with E-state index in [4.69, 9.17) is 4.74 Å². The molecule has 0 aromatic carbocycles. The van der Waals surface area contributed by atoms with Gasteiger partial charge in [0.1, 0.15) is 0 Å². The number of nitrogens with zero attached hydrogens (tertiary/aromatic N) is 1. The topological polar surface area (TPSA) is 26.2 Å². The Morgan fingerprint density at radius 2 is 2.05 bits per heavy atom. The van der Waals surface area contributed by atoms with Crippen molar-refractivity contribution in [3.05, 3.63) is 24.0 Å². The van der Waals surface area contributed by atoms with Crippen LogP contribution in [0.15, 0.2) is 18.5 Å². The fraction of sp³-hybridized carbons (Fsp3) is 0.750. The first-order chi connectivity index (χ1) is 9.19. The van der Waals surface area contributed by atoms with Crippen LogP contribution in [0.2, 0.25) is 0 Å². The molecule has 3 nitrogen and oxygen atoms in total. The van der Waals surface area contributed by atoms with Crippen molar-refractivity contribution in [2.45, 2.75) is 53.1 Å². The number of rotatable bonds is 10. The molecule has 0 aliphatic heterocycles. The van der Waals surface area contributed by atoms with Gasteiger partial charge >= 0.3 is 0 Å². The van der Waals surface area contributed by atoms with Gasteiger partial charge in [-0.05, 0) is 30.5 Å². The third kappa shape index (κ3) is 5.79. The van der Waals surface area contributed by atoms with Gasteiger partial charge in [-0.15, -0.1) is 0 Å². The zero-order valence-electron chi connectivity index (χ0n) is 13.0. The molecular formula is C16H30N2O. The third-order valence-electron chi connectivity index (χ3n) is 3.36. The molecule has 1 atom stereocenters. The van der Waals surface area contributed by atoms with Crippen molar-refractivity contribution >= 4 is 0 Å². The fourth-order valence-corrected chi connectivity index (χ4v) is 2.26. The molecular weight excluding hydrogens is 236 g/mol. The van der Waals surface area contributed by atoms with Crippen molar-refractivity contribution in [3.8, 4) is 0 Å². The Labute approximate surface area is 118 Å². The van der Waals surface area contributed by atoms with Gasteiger partial charge in [-0.1, -0.05) is 34.1 Å². The second-order valence-electron chi connectivity index (χ2n) is 5.43. The van der Waals surface area contributed by atoms with E-state index in [0.29, 0.717) is 12.0 Å². The van der Waals surface area contributed by atoms with Gasteiger partial charge < -0.3 is 14.6 Å². The average Bonchev–Trinajstić information content (AvgIpc) is 2.83. The van der Waals surface area contributed by atoms with Gasteiger partial charge in [-0.3, -0.25) is 0 Å². The van der Waals surface area contributed by atoms with Crippen molar-refractivity contribution in [3.63, 3.8) is 0 Å². The molecule has 110 valence electrons. The smallest absolute Gasteiger partial charge is 0.0645 e. The van der Waals surface area contributed by atoms with E-state index in [1.165, 1.54) is 12.0 Å². The molecule has 0 radical (unpaired) electrons. The minimum atomic E-state index is 0.451. The van der Waals surface area contributed by atoms with E-state index in [1.807, 2.05) is 0 Å². The van der Waals surface area contributed by atoms with Crippen LogP contribution in [-0.2, 0) is 11.3 Å². The monoisotopic (exact) mass is 266 g/mol. The maximum atomic E-state index is 5.61. The van der Waals surface area contributed by atoms with E-state index >= 15 is 0 Å². The normalized spacial score (nSPS) is 13.1. The largest absolute Gasteiger partial charge is 0.380 e. The maximum Gasteiger partial charge on any atom is 0.0645 e. The quantitative estimate of drug-likeness (QED) is 0.655. The van der Waals surface area contributed by atoms with E-state index in [1.54, 1.807) is 0 Å². The molecule has 1 aromatic rings. The van der Waals surface area contributed by atoms with Crippen molar-refractivity contribution in [1.82, 2.24) is 9.88 Å². The molecule has 0 aliphatic carbocycles. The van der Waals surface area contributed by atoms with Crippen molar-refractivity contribution in [2.24, 2.45) is 5.92 Å². The van der Waals surface area contributed by atoms with Gasteiger partial charge in [0.15, 0.2) is 0 Å². The second-order valence-corrected chi connectivity index (χ2v) is 5.43. The van der Waals surface area contributed by atoms with E-state index in [2.05, 4.69) is 56.0 Å². The minimum absolute atomic E-state index is 0.451. The molecule has 0 spiro atoms. The highest BCUT2D eigenvalue weighted by atomic mass is 16.5. The second kappa shape index (κ2) is 9.16. The highest BCUT2D eigenvalue weighted by Crippen LogP contribution is 2.21. The van der Waals surface area contributed by atoms with Gasteiger partial charge in [0.05, 0.1) is 6.61 Å². The molecule has 0 saturated heterocycles. The molecule has 0 bridgehead atoms. The third-order valence-corrected chi connectivity index (χ3v) is 3.36. The Morgan fingerprint density at radius 3 is 2.68 bits per heavy atom. The number of nitrogens with one attached hydrogen (secondary N) is 1. The summed E-state index contributed by atoms with van der Waals surface area (Å²) in [5.41, 5.74) is 1.38. The molecule has 1 rings (SSSR count). The van der Waals surface area contributed by atoms with Gasteiger partial charge in [-0.2, -0.15) is 0 Å². The molecule has 0 saturated carbocycles. The van der Waals surface area contributed by atoms with Crippen LogP contribution in [0.5, 0.6) is 0 Å². The summed E-state index contributed by atoms with van der Waals surface area (Å²) in [7, 11) is 0. The zero-order chi connectivity index (χ0) is 14.1. The molecule has 1 N–H and O–H groups in total. The molecule has 1 unspecified atom stereocenters. The Hall–Kier alpha value is -0.800. The summed E-state index contributed by atoms with van der Waals surface area (Å²) in [6, 6.07) is 2.67. The Kier molecular flexibility index (Phi) is 7.84. The van der Waals surface area contributed by atoms with Crippen LogP contribution < -0.4 is 5.32 Å². The summed E-state index contributed by atoms with van der Waals surface area (Å²) in [5, 5.41) is 3.55. The lowest BCUT2D eigenvalue weighted by atomic mass is 9.98. The number of hydrogen-bond acceptors (Lipinski definition) is 2. The zero-order valence-corrected chi connectivity index (χ0v) is 13.0. The van der Waals surface area contributed by atoms with Crippen molar-refractivity contribution < 1.29 is 4.74 Å². The van der Waals surface area contributed by atoms with E-state index in [-0.39, 0.29) is 0 Å². The lowest BCUT2D eigenvalue weighted by Crippen LogP contribution is -2.25. The Balaban J connectivity index is 2.42. The van der Waals surface area contributed by atoms with E-state index in [0.717, 1.165) is 32.7 Å². The van der Waals surface area contributed by atoms with Gasteiger partial charge in [0.25, 0.3) is 0 Å². The number of unbranched alkanes of at least 4 members (excludes halogenated alkanes) is 1. The summed E-state index contributed by atoms with van der Waals surface area (Å²) in [4.78, 5) is 0. The van der Waals surface area contributed by atoms with E-state index < -0.39 is 0 Å². The summed E-state index contributed by atoms with van der Waals surface area (Å²) in [5.74, 6) is 0.608. The predicted molar refractivity (Wildman–Crippen MR) is 81.4 cm³/mol. The summed E-state index contributed by atoms with van der Waals surface area (Å²) < 4.78 is 7.84. The highest BCUT2D eigenvalue weighted by Gasteiger charge is 2.15. The van der Waals surface area contributed by atoms with Crippen LogP contribution in [0.25, 0.3) is 0 Å². The summed E-state index contributed by atoms with van der Waals surface area (Å²) in [6.07, 6.45) is 6.76. The van der Waals surface area contributed by atoms with Crippen LogP contribution in [0.1, 0.15) is 52.1 Å². The fourth-order valence-electron chi connectivity index (χ4n) is 2.26. The average molecular weight is 266 g/mol. The molecule has 0 aliphatic rings. The SMILES string of the molecule is CCCCOCCn1ccc(C(NCC)C(C)C)c1. The Morgan fingerprint density at radius 1 is 1.26 bits per heavy atom. The van der Waals surface area contributed by atoms with Crippen molar-refractivity contribution in [1.29, 1.82) is 0 Å². The van der Waals surface area contributed by atoms with Crippen LogP contribution in [0, 0.1) is 5.92 Å². The number of hydrogen-bond donors (Lipinski definition) is 1. The molecule has 0 amide bonds. The van der Waals surface area contributed by atoms with Crippen LogP contribution in [-0.4, -0.2) is 24.3 Å². The highest BCUT2D eigenvalue weighted by molar-refractivity contribution is 5.16. The molecule has 1 aromatic heterocycles. The molecule has 1 heterocycles. The first kappa shape index (κ1) is 16.3. The first-order valence-electron chi connectivity index (χ1n) is 7.65. The predicted octanol–water partition coefficient (Wildman–Crippen LogP) is 3.61. The lowest BCUT2D eigenvalue weighted by molar-refractivity contribution is 0.123. The lowest BCUT2D eigenvalue weighted by Gasteiger charge is -2.20.